The minimum Gasteiger partial charge on any atom is -0.488 e. The number of ether oxygens (including phenoxy) is 1. The molecule has 0 radical (unpaired) electrons. The van der Waals surface area contributed by atoms with Gasteiger partial charge in [-0.2, -0.15) is 0 Å². The van der Waals surface area contributed by atoms with Crippen LogP contribution >= 0.6 is 0 Å². The van der Waals surface area contributed by atoms with Crippen LogP contribution in [0.15, 0.2) is 18.3 Å². The molecule has 0 saturated heterocycles. The second-order valence-corrected chi connectivity index (χ2v) is 6.08. The van der Waals surface area contributed by atoms with Gasteiger partial charge in [0.1, 0.15) is 5.75 Å². The minimum atomic E-state index is 0.0994. The van der Waals surface area contributed by atoms with E-state index >= 15 is 0 Å². The average molecular weight is 248 g/mol. The third kappa shape index (κ3) is 3.98. The summed E-state index contributed by atoms with van der Waals surface area (Å²) in [5.74, 6) is 0.946. The predicted octanol–water partition coefficient (Wildman–Crippen LogP) is 3.29. The van der Waals surface area contributed by atoms with E-state index in [1.54, 1.807) is 0 Å². The van der Waals surface area contributed by atoms with E-state index in [-0.39, 0.29) is 5.54 Å². The zero-order valence-corrected chi connectivity index (χ0v) is 11.7. The quantitative estimate of drug-likeness (QED) is 0.887. The monoisotopic (exact) mass is 248 g/mol. The molecule has 18 heavy (non-hydrogen) atoms. The molecule has 3 heteroatoms. The topological polar surface area (TPSA) is 34.2 Å². The molecule has 0 bridgehead atoms. The molecule has 1 aromatic heterocycles. The normalized spacial score (nSPS) is 17.1. The smallest absolute Gasteiger partial charge is 0.142 e. The zero-order valence-electron chi connectivity index (χ0n) is 11.7. The van der Waals surface area contributed by atoms with Crippen LogP contribution in [0, 0.1) is 0 Å². The first-order valence-electron chi connectivity index (χ1n) is 6.90. The average Bonchev–Trinajstić information content (AvgIpc) is 2.80. The Morgan fingerprint density at radius 2 is 2.06 bits per heavy atom. The van der Waals surface area contributed by atoms with Crippen LogP contribution in [0.25, 0.3) is 0 Å². The first-order chi connectivity index (χ1) is 8.54. The molecule has 1 saturated carbocycles. The lowest BCUT2D eigenvalue weighted by Crippen LogP contribution is -2.35. The molecule has 1 N–H and O–H groups in total. The van der Waals surface area contributed by atoms with Crippen LogP contribution in [0.4, 0.5) is 0 Å². The second-order valence-electron chi connectivity index (χ2n) is 6.08. The number of aromatic nitrogens is 1. The largest absolute Gasteiger partial charge is 0.488 e. The molecule has 0 aromatic carbocycles. The highest BCUT2D eigenvalue weighted by Gasteiger charge is 2.18. The van der Waals surface area contributed by atoms with Gasteiger partial charge >= 0.3 is 0 Å². The fourth-order valence-corrected chi connectivity index (χ4v) is 2.20. The number of hydrogen-bond donors (Lipinski definition) is 1. The maximum Gasteiger partial charge on any atom is 0.142 e. The molecule has 3 nitrogen and oxygen atoms in total. The van der Waals surface area contributed by atoms with E-state index < -0.39 is 0 Å². The number of nitrogens with one attached hydrogen (secondary N) is 1. The molecule has 0 unspecified atom stereocenters. The van der Waals surface area contributed by atoms with E-state index in [0.717, 1.165) is 18.0 Å². The van der Waals surface area contributed by atoms with Crippen molar-refractivity contribution in [2.75, 3.05) is 0 Å². The Morgan fingerprint density at radius 3 is 2.72 bits per heavy atom. The summed E-state index contributed by atoms with van der Waals surface area (Å²) in [6.07, 6.45) is 7.17. The Hall–Kier alpha value is -1.09. The zero-order chi connectivity index (χ0) is 13.0. The van der Waals surface area contributed by atoms with Crippen molar-refractivity contribution in [2.45, 2.75) is 64.6 Å². The Bertz CT molecular complexity index is 378. The van der Waals surface area contributed by atoms with Gasteiger partial charge in [-0.3, -0.25) is 4.98 Å². The Morgan fingerprint density at radius 1 is 1.33 bits per heavy atom. The molecule has 2 rings (SSSR count). The molecule has 1 fully saturated rings. The van der Waals surface area contributed by atoms with Crippen molar-refractivity contribution in [3.63, 3.8) is 0 Å². The van der Waals surface area contributed by atoms with Crippen LogP contribution in [0.2, 0.25) is 0 Å². The van der Waals surface area contributed by atoms with Crippen LogP contribution in [0.3, 0.4) is 0 Å². The first kappa shape index (κ1) is 13.3. The minimum absolute atomic E-state index is 0.0994. The van der Waals surface area contributed by atoms with E-state index in [0.29, 0.717) is 6.10 Å². The van der Waals surface area contributed by atoms with Crippen LogP contribution in [-0.4, -0.2) is 16.6 Å². The molecule has 1 aliphatic rings. The van der Waals surface area contributed by atoms with E-state index in [1.807, 2.05) is 18.3 Å². The number of hydrogen-bond acceptors (Lipinski definition) is 3. The molecule has 0 amide bonds. The molecule has 1 heterocycles. The van der Waals surface area contributed by atoms with Crippen LogP contribution in [0.1, 0.15) is 52.1 Å². The van der Waals surface area contributed by atoms with Crippen molar-refractivity contribution >= 4 is 0 Å². The maximum atomic E-state index is 6.07. The van der Waals surface area contributed by atoms with Gasteiger partial charge in [0.15, 0.2) is 0 Å². The van der Waals surface area contributed by atoms with Crippen molar-refractivity contribution in [3.8, 4) is 5.75 Å². The predicted molar refractivity (Wildman–Crippen MR) is 73.7 cm³/mol. The van der Waals surface area contributed by atoms with E-state index in [9.17, 15) is 0 Å². The van der Waals surface area contributed by atoms with E-state index in [1.165, 1.54) is 25.7 Å². The second kappa shape index (κ2) is 5.70. The Labute approximate surface area is 110 Å². The van der Waals surface area contributed by atoms with Gasteiger partial charge in [-0.25, -0.2) is 0 Å². The molecule has 0 aliphatic heterocycles. The number of nitrogens with zero attached hydrogens (tertiary/aromatic N) is 1. The molecular weight excluding hydrogens is 224 g/mol. The van der Waals surface area contributed by atoms with Gasteiger partial charge in [0.25, 0.3) is 0 Å². The van der Waals surface area contributed by atoms with E-state index in [2.05, 4.69) is 31.1 Å². The third-order valence-corrected chi connectivity index (χ3v) is 3.23. The van der Waals surface area contributed by atoms with Gasteiger partial charge in [0, 0.05) is 18.3 Å². The highest BCUT2D eigenvalue weighted by Crippen LogP contribution is 2.25. The summed E-state index contributed by atoms with van der Waals surface area (Å²) in [6, 6.07) is 3.98. The summed E-state index contributed by atoms with van der Waals surface area (Å²) in [5.41, 5.74) is 1.11. The lowest BCUT2D eigenvalue weighted by Gasteiger charge is -2.22. The van der Waals surface area contributed by atoms with Crippen molar-refractivity contribution < 1.29 is 4.74 Å². The first-order valence-corrected chi connectivity index (χ1v) is 6.90. The summed E-state index contributed by atoms with van der Waals surface area (Å²) < 4.78 is 6.07. The van der Waals surface area contributed by atoms with Crippen LogP contribution in [-0.2, 0) is 6.54 Å². The number of rotatable bonds is 4. The van der Waals surface area contributed by atoms with Crippen molar-refractivity contribution in [1.29, 1.82) is 0 Å². The highest BCUT2D eigenvalue weighted by molar-refractivity contribution is 5.27. The summed E-state index contributed by atoms with van der Waals surface area (Å²) in [5, 5.41) is 3.46. The van der Waals surface area contributed by atoms with Gasteiger partial charge < -0.3 is 10.1 Å². The van der Waals surface area contributed by atoms with E-state index in [4.69, 9.17) is 4.74 Å². The van der Waals surface area contributed by atoms with Gasteiger partial charge in [-0.15, -0.1) is 0 Å². The Balaban J connectivity index is 2.00. The Kier molecular flexibility index (Phi) is 4.23. The molecule has 0 atom stereocenters. The number of pyridine rings is 1. The molecule has 100 valence electrons. The third-order valence-electron chi connectivity index (χ3n) is 3.23. The summed E-state index contributed by atoms with van der Waals surface area (Å²) >= 11 is 0. The molecular formula is C15H24N2O. The summed E-state index contributed by atoms with van der Waals surface area (Å²) in [6.45, 7) is 7.24. The molecule has 1 aliphatic carbocycles. The van der Waals surface area contributed by atoms with Gasteiger partial charge in [0.05, 0.1) is 11.8 Å². The lowest BCUT2D eigenvalue weighted by atomic mass is 10.1. The van der Waals surface area contributed by atoms with Crippen LogP contribution < -0.4 is 10.1 Å². The highest BCUT2D eigenvalue weighted by atomic mass is 16.5. The van der Waals surface area contributed by atoms with Crippen LogP contribution in [0.5, 0.6) is 5.75 Å². The fourth-order valence-electron chi connectivity index (χ4n) is 2.20. The van der Waals surface area contributed by atoms with Gasteiger partial charge in [-0.05, 0) is 58.6 Å². The summed E-state index contributed by atoms with van der Waals surface area (Å²) in [4.78, 5) is 4.44. The molecule has 0 spiro atoms. The standard InChI is InChI=1S/C15H24N2O/c1-15(2,3)17-11-13-14(9-6-10-16-13)18-12-7-4-5-8-12/h6,9-10,12,17H,4-5,7-8,11H2,1-3H3. The molecule has 1 aromatic rings. The lowest BCUT2D eigenvalue weighted by molar-refractivity contribution is 0.206. The van der Waals surface area contributed by atoms with Crippen molar-refractivity contribution in [3.05, 3.63) is 24.0 Å². The summed E-state index contributed by atoms with van der Waals surface area (Å²) in [7, 11) is 0. The van der Waals surface area contributed by atoms with Gasteiger partial charge in [0.2, 0.25) is 0 Å². The van der Waals surface area contributed by atoms with Gasteiger partial charge in [-0.1, -0.05) is 0 Å². The maximum absolute atomic E-state index is 6.07. The van der Waals surface area contributed by atoms with Crippen molar-refractivity contribution in [1.82, 2.24) is 10.3 Å². The SMILES string of the molecule is CC(C)(C)NCc1ncccc1OC1CCCC1. The fraction of sp³-hybridized carbons (Fsp3) is 0.667. The van der Waals surface area contributed by atoms with Crippen molar-refractivity contribution in [2.24, 2.45) is 0 Å².